The maximum absolute atomic E-state index is 13.2. The number of aliphatic carboxylic acids is 1. The molecule has 3 aromatic carbocycles. The lowest BCUT2D eigenvalue weighted by atomic mass is 9.99. The van der Waals surface area contributed by atoms with E-state index >= 15 is 0 Å². The van der Waals surface area contributed by atoms with Gasteiger partial charge in [-0.3, -0.25) is 9.59 Å². The lowest BCUT2D eigenvalue weighted by molar-refractivity contribution is -0.138. The van der Waals surface area contributed by atoms with Gasteiger partial charge in [0.1, 0.15) is 11.4 Å². The molecule has 0 aliphatic rings. The maximum atomic E-state index is 13.2. The molecule has 0 aliphatic heterocycles. The van der Waals surface area contributed by atoms with Crippen LogP contribution in [0.2, 0.25) is 0 Å². The van der Waals surface area contributed by atoms with E-state index in [0.29, 0.717) is 22.6 Å². The van der Waals surface area contributed by atoms with Gasteiger partial charge in [-0.25, -0.2) is 4.68 Å². The number of aromatic nitrogens is 2. The van der Waals surface area contributed by atoms with Crippen LogP contribution in [0.4, 0.5) is 0 Å². The van der Waals surface area contributed by atoms with E-state index in [9.17, 15) is 14.7 Å². The van der Waals surface area contributed by atoms with Crippen LogP contribution in [0, 0.1) is 0 Å². The van der Waals surface area contributed by atoms with Crippen LogP contribution in [-0.2, 0) is 4.79 Å². The Morgan fingerprint density at radius 2 is 1.61 bits per heavy atom. The third kappa shape index (κ3) is 4.93. The molecule has 4 rings (SSSR count). The molecule has 1 unspecified atom stereocenters. The van der Waals surface area contributed by atoms with Crippen LogP contribution in [0.1, 0.15) is 21.8 Å². The normalized spacial score (nSPS) is 11.5. The molecule has 7 nitrogen and oxygen atoms in total. The van der Waals surface area contributed by atoms with Gasteiger partial charge < -0.3 is 15.2 Å². The summed E-state index contributed by atoms with van der Waals surface area (Å²) in [4.78, 5) is 25.0. The second kappa shape index (κ2) is 9.82. The predicted molar refractivity (Wildman–Crippen MR) is 125 cm³/mol. The fourth-order valence-corrected chi connectivity index (χ4v) is 3.54. The van der Waals surface area contributed by atoms with E-state index < -0.39 is 17.8 Å². The number of hydrogen-bond donors (Lipinski definition) is 2. The van der Waals surface area contributed by atoms with Crippen molar-refractivity contribution in [3.63, 3.8) is 0 Å². The van der Waals surface area contributed by atoms with Gasteiger partial charge in [0.15, 0.2) is 0 Å². The van der Waals surface area contributed by atoms with Gasteiger partial charge in [-0.2, -0.15) is 5.10 Å². The van der Waals surface area contributed by atoms with E-state index in [1.54, 1.807) is 54.4 Å². The quantitative estimate of drug-likeness (QED) is 0.429. The van der Waals surface area contributed by atoms with Crippen molar-refractivity contribution in [2.24, 2.45) is 0 Å². The Morgan fingerprint density at radius 3 is 2.21 bits per heavy atom. The molecule has 0 radical (unpaired) electrons. The van der Waals surface area contributed by atoms with Gasteiger partial charge in [0.2, 0.25) is 0 Å². The lowest BCUT2D eigenvalue weighted by Crippen LogP contribution is -2.31. The van der Waals surface area contributed by atoms with Crippen LogP contribution in [-0.4, -0.2) is 40.4 Å². The molecule has 0 spiro atoms. The summed E-state index contributed by atoms with van der Waals surface area (Å²) in [5.74, 6) is -1.56. The zero-order chi connectivity index (χ0) is 23.2. The zero-order valence-corrected chi connectivity index (χ0v) is 18.0. The molecule has 166 valence electrons. The maximum Gasteiger partial charge on any atom is 0.312 e. The van der Waals surface area contributed by atoms with Gasteiger partial charge in [0.05, 0.1) is 24.3 Å². The number of hydrogen-bond acceptors (Lipinski definition) is 4. The lowest BCUT2D eigenvalue weighted by Gasteiger charge is -2.14. The minimum Gasteiger partial charge on any atom is -0.497 e. The van der Waals surface area contributed by atoms with Crippen molar-refractivity contribution in [2.75, 3.05) is 13.7 Å². The first kappa shape index (κ1) is 21.8. The van der Waals surface area contributed by atoms with Gasteiger partial charge in [-0.15, -0.1) is 0 Å². The van der Waals surface area contributed by atoms with E-state index in [0.717, 1.165) is 11.3 Å². The number of carbonyl (C=O) groups is 2. The highest BCUT2D eigenvalue weighted by atomic mass is 16.5. The summed E-state index contributed by atoms with van der Waals surface area (Å²) in [7, 11) is 1.59. The predicted octanol–water partition coefficient (Wildman–Crippen LogP) is 4.15. The summed E-state index contributed by atoms with van der Waals surface area (Å²) in [6.07, 6.45) is 1.66. The van der Waals surface area contributed by atoms with Crippen molar-refractivity contribution >= 4 is 11.9 Å². The third-order valence-electron chi connectivity index (χ3n) is 5.31. The number of benzene rings is 3. The standard InChI is InChI=1S/C26H23N3O4/c1-33-21-14-12-19(13-15-21)24-23(17-29(28-24)20-10-6-3-7-11-20)25(30)27-16-22(26(31)32)18-8-4-2-5-9-18/h2-15,17,22H,16H2,1H3,(H,27,30)(H,31,32). The summed E-state index contributed by atoms with van der Waals surface area (Å²) in [6.45, 7) is -0.0449. The van der Waals surface area contributed by atoms with E-state index in [1.807, 2.05) is 48.5 Å². The van der Waals surface area contributed by atoms with E-state index in [4.69, 9.17) is 4.74 Å². The summed E-state index contributed by atoms with van der Waals surface area (Å²) >= 11 is 0. The Hall–Kier alpha value is -4.39. The molecule has 33 heavy (non-hydrogen) atoms. The molecule has 1 aromatic heterocycles. The number of para-hydroxylation sites is 1. The number of carboxylic acid groups (broad SMARTS) is 1. The number of amides is 1. The van der Waals surface area contributed by atoms with Crippen molar-refractivity contribution in [1.29, 1.82) is 0 Å². The molecule has 0 aliphatic carbocycles. The number of rotatable bonds is 8. The summed E-state index contributed by atoms with van der Waals surface area (Å²) in [5.41, 5.74) is 3.01. The summed E-state index contributed by atoms with van der Waals surface area (Å²) < 4.78 is 6.87. The van der Waals surface area contributed by atoms with E-state index in [-0.39, 0.29) is 6.54 Å². The fourth-order valence-electron chi connectivity index (χ4n) is 3.54. The first-order valence-corrected chi connectivity index (χ1v) is 10.4. The minimum atomic E-state index is -1.00. The highest BCUT2D eigenvalue weighted by Crippen LogP contribution is 2.26. The molecule has 0 bridgehead atoms. The SMILES string of the molecule is COc1ccc(-c2nn(-c3ccccc3)cc2C(=O)NCC(C(=O)O)c2ccccc2)cc1. The number of nitrogens with zero attached hydrogens (tertiary/aromatic N) is 2. The molecule has 0 saturated carbocycles. The molecule has 1 heterocycles. The molecular formula is C26H23N3O4. The monoisotopic (exact) mass is 441 g/mol. The Morgan fingerprint density at radius 1 is 0.970 bits per heavy atom. The van der Waals surface area contributed by atoms with Crippen molar-refractivity contribution in [3.8, 4) is 22.7 Å². The molecule has 7 heteroatoms. The molecule has 2 N–H and O–H groups in total. The number of carbonyl (C=O) groups excluding carboxylic acids is 1. The fraction of sp³-hybridized carbons (Fsp3) is 0.115. The highest BCUT2D eigenvalue weighted by molar-refractivity contribution is 6.00. The number of nitrogens with one attached hydrogen (secondary N) is 1. The van der Waals surface area contributed by atoms with Crippen molar-refractivity contribution in [2.45, 2.75) is 5.92 Å². The zero-order valence-electron chi connectivity index (χ0n) is 18.0. The van der Waals surface area contributed by atoms with Crippen LogP contribution < -0.4 is 10.1 Å². The first-order valence-electron chi connectivity index (χ1n) is 10.4. The van der Waals surface area contributed by atoms with Crippen LogP contribution >= 0.6 is 0 Å². The smallest absolute Gasteiger partial charge is 0.312 e. The Balaban J connectivity index is 1.65. The van der Waals surface area contributed by atoms with Gasteiger partial charge in [-0.1, -0.05) is 48.5 Å². The summed E-state index contributed by atoms with van der Waals surface area (Å²) in [5, 5.41) is 17.1. The highest BCUT2D eigenvalue weighted by Gasteiger charge is 2.23. The van der Waals surface area contributed by atoms with Gasteiger partial charge in [0.25, 0.3) is 5.91 Å². The molecule has 0 fully saturated rings. The average Bonchev–Trinajstić information content (AvgIpc) is 3.31. The number of carboxylic acids is 1. The van der Waals surface area contributed by atoms with E-state index in [2.05, 4.69) is 10.4 Å². The second-order valence-electron chi connectivity index (χ2n) is 7.41. The topological polar surface area (TPSA) is 93.5 Å². The van der Waals surface area contributed by atoms with Crippen molar-refractivity contribution in [1.82, 2.24) is 15.1 Å². The average molecular weight is 441 g/mol. The summed E-state index contributed by atoms with van der Waals surface area (Å²) in [6, 6.07) is 25.6. The van der Waals surface area contributed by atoms with Crippen LogP contribution in [0.15, 0.2) is 91.1 Å². The molecular weight excluding hydrogens is 418 g/mol. The van der Waals surface area contributed by atoms with Crippen molar-refractivity contribution < 1.29 is 19.4 Å². The molecule has 4 aromatic rings. The van der Waals surface area contributed by atoms with Gasteiger partial charge in [-0.05, 0) is 42.0 Å². The van der Waals surface area contributed by atoms with Gasteiger partial charge >= 0.3 is 5.97 Å². The Kier molecular flexibility index (Phi) is 6.50. The van der Waals surface area contributed by atoms with Crippen LogP contribution in [0.3, 0.4) is 0 Å². The number of ether oxygens (including phenoxy) is 1. The Labute approximate surface area is 191 Å². The molecule has 1 atom stereocenters. The second-order valence-corrected chi connectivity index (χ2v) is 7.41. The molecule has 1 amide bonds. The van der Waals surface area contributed by atoms with Gasteiger partial charge in [0, 0.05) is 18.3 Å². The minimum absolute atomic E-state index is 0.0449. The largest absolute Gasteiger partial charge is 0.497 e. The van der Waals surface area contributed by atoms with Crippen LogP contribution in [0.5, 0.6) is 5.75 Å². The molecule has 0 saturated heterocycles. The first-order chi connectivity index (χ1) is 16.1. The Bertz CT molecular complexity index is 1240. The van der Waals surface area contributed by atoms with Crippen LogP contribution in [0.25, 0.3) is 16.9 Å². The van der Waals surface area contributed by atoms with E-state index in [1.165, 1.54) is 0 Å². The number of methoxy groups -OCH3 is 1. The van der Waals surface area contributed by atoms with Crippen molar-refractivity contribution in [3.05, 3.63) is 102 Å². The third-order valence-corrected chi connectivity index (χ3v) is 5.31.